The van der Waals surface area contributed by atoms with Crippen molar-refractivity contribution in [1.29, 1.82) is 0 Å². The number of hydrogen-bond acceptors (Lipinski definition) is 3. The summed E-state index contributed by atoms with van der Waals surface area (Å²) in [5.74, 6) is 1.61. The van der Waals surface area contributed by atoms with Crippen molar-refractivity contribution in [2.75, 3.05) is 13.2 Å². The fourth-order valence-electron chi connectivity index (χ4n) is 2.06. The molecule has 0 spiro atoms. The standard InChI is InChI=1S/C14H13ClO2S/c15-12(9-10-3-2-8-18-10)11-4-1-5-13-14(11)17-7-6-16-13/h1-5,8,12H,6-7,9H2. The SMILES string of the molecule is ClC(Cc1cccs1)c1cccc2c1OCCO2. The molecule has 2 heterocycles. The van der Waals surface area contributed by atoms with E-state index < -0.39 is 0 Å². The third-order valence-electron chi connectivity index (χ3n) is 2.89. The minimum atomic E-state index is -0.0831. The number of halogens is 1. The van der Waals surface area contributed by atoms with Crippen molar-refractivity contribution in [3.8, 4) is 11.5 Å². The summed E-state index contributed by atoms with van der Waals surface area (Å²) in [6.45, 7) is 1.20. The first-order chi connectivity index (χ1) is 8.84. The molecule has 0 saturated heterocycles. The lowest BCUT2D eigenvalue weighted by Gasteiger charge is -2.22. The van der Waals surface area contributed by atoms with Gasteiger partial charge < -0.3 is 9.47 Å². The molecular weight excluding hydrogens is 268 g/mol. The monoisotopic (exact) mass is 280 g/mol. The molecule has 94 valence electrons. The predicted molar refractivity (Wildman–Crippen MR) is 74.0 cm³/mol. The van der Waals surface area contributed by atoms with E-state index in [1.165, 1.54) is 4.88 Å². The number of ether oxygens (including phenoxy) is 2. The van der Waals surface area contributed by atoms with Crippen LogP contribution >= 0.6 is 22.9 Å². The van der Waals surface area contributed by atoms with Gasteiger partial charge in [-0.1, -0.05) is 18.2 Å². The zero-order chi connectivity index (χ0) is 12.4. The van der Waals surface area contributed by atoms with E-state index in [9.17, 15) is 0 Å². The van der Waals surface area contributed by atoms with E-state index in [4.69, 9.17) is 21.1 Å². The molecule has 0 N–H and O–H groups in total. The first-order valence-corrected chi connectivity index (χ1v) is 7.21. The van der Waals surface area contributed by atoms with Crippen molar-refractivity contribution >= 4 is 22.9 Å². The molecule has 1 aromatic carbocycles. The molecule has 2 nitrogen and oxygen atoms in total. The van der Waals surface area contributed by atoms with E-state index in [1.807, 2.05) is 24.3 Å². The number of alkyl halides is 1. The Bertz CT molecular complexity index is 525. The van der Waals surface area contributed by atoms with Crippen molar-refractivity contribution in [1.82, 2.24) is 0 Å². The summed E-state index contributed by atoms with van der Waals surface area (Å²) in [5.41, 5.74) is 1.02. The summed E-state index contributed by atoms with van der Waals surface area (Å²) in [5, 5.41) is 1.99. The van der Waals surface area contributed by atoms with Crippen LogP contribution in [0.5, 0.6) is 11.5 Å². The Morgan fingerprint density at radius 2 is 2.06 bits per heavy atom. The number of para-hydroxylation sites is 1. The highest BCUT2D eigenvalue weighted by Crippen LogP contribution is 2.40. The summed E-state index contributed by atoms with van der Waals surface area (Å²) in [7, 11) is 0. The van der Waals surface area contributed by atoms with E-state index in [0.29, 0.717) is 13.2 Å². The molecule has 0 bridgehead atoms. The maximum absolute atomic E-state index is 6.51. The molecule has 0 fully saturated rings. The minimum absolute atomic E-state index is 0.0831. The molecule has 1 aromatic heterocycles. The molecule has 18 heavy (non-hydrogen) atoms. The molecule has 0 amide bonds. The zero-order valence-electron chi connectivity index (χ0n) is 9.77. The number of fused-ring (bicyclic) bond motifs is 1. The van der Waals surface area contributed by atoms with Crippen molar-refractivity contribution in [2.45, 2.75) is 11.8 Å². The van der Waals surface area contributed by atoms with Crippen LogP contribution < -0.4 is 9.47 Å². The van der Waals surface area contributed by atoms with Gasteiger partial charge in [0, 0.05) is 16.9 Å². The van der Waals surface area contributed by atoms with Crippen LogP contribution in [0.3, 0.4) is 0 Å². The average Bonchev–Trinajstić information content (AvgIpc) is 2.91. The molecule has 2 aromatic rings. The average molecular weight is 281 g/mol. The Balaban J connectivity index is 1.87. The van der Waals surface area contributed by atoms with E-state index >= 15 is 0 Å². The summed E-state index contributed by atoms with van der Waals surface area (Å²) in [4.78, 5) is 1.28. The molecule has 0 aliphatic carbocycles. The Kier molecular flexibility index (Phi) is 3.43. The zero-order valence-corrected chi connectivity index (χ0v) is 11.3. The van der Waals surface area contributed by atoms with Crippen LogP contribution in [0.4, 0.5) is 0 Å². The third-order valence-corrected chi connectivity index (χ3v) is 4.18. The second-order valence-electron chi connectivity index (χ2n) is 4.12. The molecule has 1 atom stereocenters. The van der Waals surface area contributed by atoms with Gasteiger partial charge in [-0.05, 0) is 17.5 Å². The van der Waals surface area contributed by atoms with Crippen molar-refractivity contribution in [3.05, 3.63) is 46.2 Å². The van der Waals surface area contributed by atoms with Crippen LogP contribution in [0.15, 0.2) is 35.7 Å². The molecule has 4 heteroatoms. The Labute approximate surface area is 115 Å². The minimum Gasteiger partial charge on any atom is -0.486 e. The second kappa shape index (κ2) is 5.21. The van der Waals surface area contributed by atoms with E-state index in [2.05, 4.69) is 11.4 Å². The Morgan fingerprint density at radius 1 is 1.17 bits per heavy atom. The van der Waals surface area contributed by atoms with Crippen LogP contribution in [0.25, 0.3) is 0 Å². The van der Waals surface area contributed by atoms with Crippen LogP contribution in [0.2, 0.25) is 0 Å². The Morgan fingerprint density at radius 3 is 2.89 bits per heavy atom. The quantitative estimate of drug-likeness (QED) is 0.790. The highest BCUT2D eigenvalue weighted by Gasteiger charge is 2.21. The largest absolute Gasteiger partial charge is 0.486 e. The fourth-order valence-corrected chi connectivity index (χ4v) is 3.24. The lowest BCUT2D eigenvalue weighted by molar-refractivity contribution is 0.170. The van der Waals surface area contributed by atoms with Gasteiger partial charge in [0.1, 0.15) is 13.2 Å². The van der Waals surface area contributed by atoms with E-state index in [-0.39, 0.29) is 5.38 Å². The van der Waals surface area contributed by atoms with Crippen LogP contribution in [-0.2, 0) is 6.42 Å². The number of hydrogen-bond donors (Lipinski definition) is 0. The molecular formula is C14H13ClO2S. The van der Waals surface area contributed by atoms with Crippen molar-refractivity contribution in [2.24, 2.45) is 0 Å². The number of rotatable bonds is 3. The van der Waals surface area contributed by atoms with Crippen LogP contribution in [0.1, 0.15) is 15.8 Å². The smallest absolute Gasteiger partial charge is 0.166 e. The topological polar surface area (TPSA) is 18.5 Å². The molecule has 0 saturated carbocycles. The maximum Gasteiger partial charge on any atom is 0.166 e. The van der Waals surface area contributed by atoms with Gasteiger partial charge in [0.05, 0.1) is 5.38 Å². The number of benzene rings is 1. The fraction of sp³-hybridized carbons (Fsp3) is 0.286. The van der Waals surface area contributed by atoms with Crippen molar-refractivity contribution in [3.63, 3.8) is 0 Å². The van der Waals surface area contributed by atoms with Gasteiger partial charge in [-0.3, -0.25) is 0 Å². The van der Waals surface area contributed by atoms with Gasteiger partial charge in [0.25, 0.3) is 0 Å². The highest BCUT2D eigenvalue weighted by atomic mass is 35.5. The van der Waals surface area contributed by atoms with E-state index in [1.54, 1.807) is 11.3 Å². The predicted octanol–water partition coefficient (Wildman–Crippen LogP) is 4.04. The molecule has 1 aliphatic heterocycles. The maximum atomic E-state index is 6.51. The molecule has 3 rings (SSSR count). The van der Waals surface area contributed by atoms with Crippen LogP contribution in [0, 0.1) is 0 Å². The second-order valence-corrected chi connectivity index (χ2v) is 5.68. The lowest BCUT2D eigenvalue weighted by Crippen LogP contribution is -2.17. The van der Waals surface area contributed by atoms with Crippen molar-refractivity contribution < 1.29 is 9.47 Å². The first kappa shape index (κ1) is 11.9. The summed E-state index contributed by atoms with van der Waals surface area (Å²) in [6, 6.07) is 10.1. The van der Waals surface area contributed by atoms with Crippen LogP contribution in [-0.4, -0.2) is 13.2 Å². The molecule has 1 unspecified atom stereocenters. The van der Waals surface area contributed by atoms with Gasteiger partial charge >= 0.3 is 0 Å². The van der Waals surface area contributed by atoms with Gasteiger partial charge in [0.15, 0.2) is 11.5 Å². The normalized spacial score (nSPS) is 15.4. The van der Waals surface area contributed by atoms with Gasteiger partial charge in [-0.15, -0.1) is 22.9 Å². The van der Waals surface area contributed by atoms with Gasteiger partial charge in [-0.2, -0.15) is 0 Å². The summed E-state index contributed by atoms with van der Waals surface area (Å²) < 4.78 is 11.3. The highest BCUT2D eigenvalue weighted by molar-refractivity contribution is 7.09. The number of thiophene rings is 1. The third kappa shape index (κ3) is 2.33. The van der Waals surface area contributed by atoms with E-state index in [0.717, 1.165) is 23.5 Å². The Hall–Kier alpha value is -1.19. The lowest BCUT2D eigenvalue weighted by atomic mass is 10.1. The summed E-state index contributed by atoms with van der Waals surface area (Å²) in [6.07, 6.45) is 0.818. The first-order valence-electron chi connectivity index (χ1n) is 5.89. The summed E-state index contributed by atoms with van der Waals surface area (Å²) >= 11 is 8.23. The molecule has 0 radical (unpaired) electrons. The van der Waals surface area contributed by atoms with Gasteiger partial charge in [0.2, 0.25) is 0 Å². The van der Waals surface area contributed by atoms with Gasteiger partial charge in [-0.25, -0.2) is 0 Å². The molecule has 1 aliphatic rings.